The molecule has 1 aromatic carbocycles. The van der Waals surface area contributed by atoms with Crippen LogP contribution in [0.15, 0.2) is 24.5 Å². The molecule has 0 saturated carbocycles. The average molecular weight is 272 g/mol. The number of anilines is 3. The van der Waals surface area contributed by atoms with Gasteiger partial charge >= 0.3 is 0 Å². The molecule has 5 nitrogen and oxygen atoms in total. The van der Waals surface area contributed by atoms with Crippen molar-refractivity contribution in [1.29, 1.82) is 0 Å². The summed E-state index contributed by atoms with van der Waals surface area (Å²) in [4.78, 5) is 8.23. The molecule has 5 heteroatoms. The second-order valence-electron chi connectivity index (χ2n) is 4.73. The molecule has 0 aliphatic rings. The van der Waals surface area contributed by atoms with Crippen molar-refractivity contribution in [3.05, 3.63) is 35.7 Å². The molecule has 106 valence electrons. The number of nitrogens with zero attached hydrogens (tertiary/aromatic N) is 2. The Bertz CT molecular complexity index is 598. The zero-order valence-corrected chi connectivity index (χ0v) is 12.1. The smallest absolute Gasteiger partial charge is 0.242 e. The molecule has 1 aromatic heterocycles. The lowest BCUT2D eigenvalue weighted by Crippen LogP contribution is -2.06. The van der Waals surface area contributed by atoms with Crippen molar-refractivity contribution in [2.45, 2.75) is 27.2 Å². The minimum Gasteiger partial charge on any atom is -0.476 e. The number of hydrogen-bond donors (Lipinski definition) is 2. The monoisotopic (exact) mass is 272 g/mol. The van der Waals surface area contributed by atoms with Crippen molar-refractivity contribution in [2.75, 3.05) is 17.7 Å². The minimum atomic E-state index is 0.425. The summed E-state index contributed by atoms with van der Waals surface area (Å²) in [5.74, 6) is 0.993. The molecule has 2 aromatic rings. The van der Waals surface area contributed by atoms with Gasteiger partial charge in [0, 0.05) is 5.69 Å². The molecular weight excluding hydrogens is 252 g/mol. The molecule has 0 bridgehead atoms. The number of aromatic nitrogens is 2. The maximum Gasteiger partial charge on any atom is 0.242 e. The fourth-order valence-electron chi connectivity index (χ4n) is 1.87. The Labute approximate surface area is 119 Å². The Hall–Kier alpha value is -2.30. The summed E-state index contributed by atoms with van der Waals surface area (Å²) in [5.41, 5.74) is 9.80. The molecule has 1 heterocycles. The highest BCUT2D eigenvalue weighted by Crippen LogP contribution is 2.28. The highest BCUT2D eigenvalue weighted by molar-refractivity contribution is 5.73. The second-order valence-corrected chi connectivity index (χ2v) is 4.73. The van der Waals surface area contributed by atoms with Crippen molar-refractivity contribution in [3.63, 3.8) is 0 Å². The zero-order valence-electron chi connectivity index (χ0n) is 12.1. The molecule has 3 N–H and O–H groups in total. The second kappa shape index (κ2) is 6.23. The summed E-state index contributed by atoms with van der Waals surface area (Å²) in [6.07, 6.45) is 2.36. The van der Waals surface area contributed by atoms with Crippen molar-refractivity contribution in [1.82, 2.24) is 9.97 Å². The third kappa shape index (κ3) is 3.17. The van der Waals surface area contributed by atoms with Gasteiger partial charge in [-0.1, -0.05) is 24.6 Å². The molecule has 0 amide bonds. The van der Waals surface area contributed by atoms with Gasteiger partial charge in [-0.3, -0.25) is 0 Å². The van der Waals surface area contributed by atoms with E-state index in [4.69, 9.17) is 10.5 Å². The van der Waals surface area contributed by atoms with Crippen LogP contribution in [0.4, 0.5) is 17.2 Å². The molecule has 0 aliphatic carbocycles. The van der Waals surface area contributed by atoms with E-state index >= 15 is 0 Å². The highest BCUT2D eigenvalue weighted by atomic mass is 16.5. The molecule has 2 rings (SSSR count). The largest absolute Gasteiger partial charge is 0.476 e. The summed E-state index contributed by atoms with van der Waals surface area (Å²) in [6.45, 7) is 6.73. The lowest BCUT2D eigenvalue weighted by atomic mass is 10.1. The topological polar surface area (TPSA) is 73.1 Å². The van der Waals surface area contributed by atoms with E-state index < -0.39 is 0 Å². The number of nitrogens with one attached hydrogen (secondary N) is 1. The van der Waals surface area contributed by atoms with Gasteiger partial charge in [0.2, 0.25) is 5.88 Å². The Morgan fingerprint density at radius 2 is 2.05 bits per heavy atom. The van der Waals surface area contributed by atoms with E-state index in [0.29, 0.717) is 24.0 Å². The van der Waals surface area contributed by atoms with Crippen molar-refractivity contribution in [2.24, 2.45) is 0 Å². The van der Waals surface area contributed by atoms with E-state index in [9.17, 15) is 0 Å². The third-order valence-electron chi connectivity index (χ3n) is 2.93. The molecular formula is C15H20N4O. The molecule has 20 heavy (non-hydrogen) atoms. The van der Waals surface area contributed by atoms with Crippen LogP contribution < -0.4 is 15.8 Å². The fraction of sp³-hybridized carbons (Fsp3) is 0.333. The first-order chi connectivity index (χ1) is 9.61. The van der Waals surface area contributed by atoms with Crippen LogP contribution in [0.5, 0.6) is 5.88 Å². The number of nitrogen functional groups attached to an aromatic ring is 1. The third-order valence-corrected chi connectivity index (χ3v) is 2.93. The van der Waals surface area contributed by atoms with Crippen LogP contribution in [0, 0.1) is 13.8 Å². The van der Waals surface area contributed by atoms with E-state index in [2.05, 4.69) is 28.3 Å². The van der Waals surface area contributed by atoms with Gasteiger partial charge < -0.3 is 15.8 Å². The molecule has 0 aliphatic heterocycles. The normalized spacial score (nSPS) is 10.3. The van der Waals surface area contributed by atoms with Gasteiger partial charge in [0.25, 0.3) is 0 Å². The van der Waals surface area contributed by atoms with Crippen molar-refractivity contribution in [3.8, 4) is 5.88 Å². The lowest BCUT2D eigenvalue weighted by Gasteiger charge is -2.13. The SMILES string of the molecule is CCCOc1ncnc(Nc2ccc(C)cc2C)c1N. The first-order valence-corrected chi connectivity index (χ1v) is 6.69. The summed E-state index contributed by atoms with van der Waals surface area (Å²) in [5, 5.41) is 3.23. The summed E-state index contributed by atoms with van der Waals surface area (Å²) < 4.78 is 5.50. The number of ether oxygens (including phenoxy) is 1. The molecule has 0 spiro atoms. The molecule has 0 unspecified atom stereocenters. The maximum absolute atomic E-state index is 6.04. The lowest BCUT2D eigenvalue weighted by molar-refractivity contribution is 0.307. The quantitative estimate of drug-likeness (QED) is 0.874. The van der Waals surface area contributed by atoms with E-state index in [1.54, 1.807) is 0 Å². The first kappa shape index (κ1) is 14.1. The van der Waals surface area contributed by atoms with E-state index in [1.165, 1.54) is 11.9 Å². The molecule has 0 saturated heterocycles. The summed E-state index contributed by atoms with van der Waals surface area (Å²) >= 11 is 0. The van der Waals surface area contributed by atoms with Gasteiger partial charge in [0.1, 0.15) is 12.0 Å². The summed E-state index contributed by atoms with van der Waals surface area (Å²) in [6, 6.07) is 6.16. The van der Waals surface area contributed by atoms with E-state index in [-0.39, 0.29) is 0 Å². The number of aryl methyl sites for hydroxylation is 2. The Kier molecular flexibility index (Phi) is 4.40. The Morgan fingerprint density at radius 1 is 1.25 bits per heavy atom. The van der Waals surface area contributed by atoms with Crippen molar-refractivity contribution >= 4 is 17.2 Å². The van der Waals surface area contributed by atoms with Gasteiger partial charge in [-0.15, -0.1) is 0 Å². The average Bonchev–Trinajstić information content (AvgIpc) is 2.42. The van der Waals surface area contributed by atoms with Gasteiger partial charge in [-0.25, -0.2) is 4.98 Å². The van der Waals surface area contributed by atoms with Gasteiger partial charge in [-0.05, 0) is 31.9 Å². The first-order valence-electron chi connectivity index (χ1n) is 6.69. The van der Waals surface area contributed by atoms with E-state index in [1.807, 2.05) is 26.0 Å². The zero-order chi connectivity index (χ0) is 14.5. The number of hydrogen-bond acceptors (Lipinski definition) is 5. The van der Waals surface area contributed by atoms with Gasteiger partial charge in [0.15, 0.2) is 5.82 Å². The highest BCUT2D eigenvalue weighted by Gasteiger charge is 2.10. The van der Waals surface area contributed by atoms with Crippen LogP contribution >= 0.6 is 0 Å². The number of rotatable bonds is 5. The van der Waals surface area contributed by atoms with Crippen LogP contribution in [-0.4, -0.2) is 16.6 Å². The predicted molar refractivity (Wildman–Crippen MR) is 81.4 cm³/mol. The van der Waals surface area contributed by atoms with Gasteiger partial charge in [-0.2, -0.15) is 4.98 Å². The number of benzene rings is 1. The van der Waals surface area contributed by atoms with Crippen LogP contribution in [0.25, 0.3) is 0 Å². The minimum absolute atomic E-state index is 0.425. The van der Waals surface area contributed by atoms with Crippen LogP contribution in [-0.2, 0) is 0 Å². The van der Waals surface area contributed by atoms with Crippen LogP contribution in [0.2, 0.25) is 0 Å². The van der Waals surface area contributed by atoms with E-state index in [0.717, 1.165) is 17.7 Å². The Morgan fingerprint density at radius 3 is 2.75 bits per heavy atom. The Balaban J connectivity index is 2.24. The van der Waals surface area contributed by atoms with Gasteiger partial charge in [0.05, 0.1) is 6.61 Å². The maximum atomic E-state index is 6.04. The number of nitrogens with two attached hydrogens (primary N) is 1. The van der Waals surface area contributed by atoms with Crippen LogP contribution in [0.3, 0.4) is 0 Å². The molecule has 0 radical (unpaired) electrons. The van der Waals surface area contributed by atoms with Crippen molar-refractivity contribution < 1.29 is 4.74 Å². The molecule has 0 fully saturated rings. The summed E-state index contributed by atoms with van der Waals surface area (Å²) in [7, 11) is 0. The van der Waals surface area contributed by atoms with Crippen LogP contribution in [0.1, 0.15) is 24.5 Å². The standard InChI is InChI=1S/C15H20N4O/c1-4-7-20-15-13(16)14(17-9-18-15)19-12-6-5-10(2)8-11(12)3/h5-6,8-9H,4,7,16H2,1-3H3,(H,17,18,19). The predicted octanol–water partition coefficient (Wildman–Crippen LogP) is 3.21. The molecule has 0 atom stereocenters. The fourth-order valence-corrected chi connectivity index (χ4v) is 1.87.